The number of rotatable bonds is 4. The summed E-state index contributed by atoms with van der Waals surface area (Å²) in [5, 5.41) is 21.7. The van der Waals surface area contributed by atoms with Gasteiger partial charge >= 0.3 is 5.69 Å². The molecule has 1 heterocycles. The summed E-state index contributed by atoms with van der Waals surface area (Å²) in [5.41, 5.74) is 5.46. The van der Waals surface area contributed by atoms with Crippen LogP contribution in [0.5, 0.6) is 0 Å². The predicted molar refractivity (Wildman–Crippen MR) is 50.9 cm³/mol. The first kappa shape index (κ1) is 10.2. The van der Waals surface area contributed by atoms with E-state index >= 15 is 0 Å². The number of anilines is 2. The molecule has 0 aliphatic heterocycles. The SMILES string of the molecule is Nc1cc(NCCO)c([N+](=O)[O-])cn1. The molecule has 1 rings (SSSR count). The van der Waals surface area contributed by atoms with E-state index in [2.05, 4.69) is 10.3 Å². The van der Waals surface area contributed by atoms with Crippen LogP contribution in [0.15, 0.2) is 12.3 Å². The van der Waals surface area contributed by atoms with Crippen LogP contribution in [0.4, 0.5) is 17.2 Å². The van der Waals surface area contributed by atoms with E-state index in [1.807, 2.05) is 0 Å². The molecule has 0 amide bonds. The zero-order chi connectivity index (χ0) is 10.6. The molecule has 0 unspecified atom stereocenters. The number of nitrogens with one attached hydrogen (secondary N) is 1. The number of nitrogens with zero attached hydrogens (tertiary/aromatic N) is 2. The fourth-order valence-electron chi connectivity index (χ4n) is 0.942. The summed E-state index contributed by atoms with van der Waals surface area (Å²) < 4.78 is 0. The van der Waals surface area contributed by atoms with Gasteiger partial charge in [-0.1, -0.05) is 0 Å². The summed E-state index contributed by atoms with van der Waals surface area (Å²) in [5.74, 6) is 0.191. The Bertz CT molecular complexity index is 342. The average Bonchev–Trinajstić information content (AvgIpc) is 2.14. The molecule has 1 aromatic rings. The van der Waals surface area contributed by atoms with Gasteiger partial charge in [-0.15, -0.1) is 0 Å². The second-order valence-electron chi connectivity index (χ2n) is 2.53. The molecule has 0 aliphatic carbocycles. The Kier molecular flexibility index (Phi) is 3.19. The smallest absolute Gasteiger partial charge is 0.310 e. The lowest BCUT2D eigenvalue weighted by Gasteiger charge is -2.04. The van der Waals surface area contributed by atoms with E-state index in [0.29, 0.717) is 0 Å². The lowest BCUT2D eigenvalue weighted by Crippen LogP contribution is -2.08. The fraction of sp³-hybridized carbons (Fsp3) is 0.286. The van der Waals surface area contributed by atoms with E-state index in [9.17, 15) is 10.1 Å². The van der Waals surface area contributed by atoms with Crippen molar-refractivity contribution in [2.45, 2.75) is 0 Å². The third-order valence-electron chi connectivity index (χ3n) is 1.53. The number of aromatic nitrogens is 1. The molecule has 7 heteroatoms. The Balaban J connectivity index is 2.97. The molecule has 0 saturated carbocycles. The van der Waals surface area contributed by atoms with Crippen LogP contribution < -0.4 is 11.1 Å². The molecule has 14 heavy (non-hydrogen) atoms. The summed E-state index contributed by atoms with van der Waals surface area (Å²) >= 11 is 0. The van der Waals surface area contributed by atoms with E-state index < -0.39 is 4.92 Å². The van der Waals surface area contributed by atoms with Crippen molar-refractivity contribution < 1.29 is 10.0 Å². The van der Waals surface area contributed by atoms with Gasteiger partial charge in [0.2, 0.25) is 0 Å². The van der Waals surface area contributed by atoms with Crippen molar-refractivity contribution >= 4 is 17.2 Å². The topological polar surface area (TPSA) is 114 Å². The summed E-state index contributed by atoms with van der Waals surface area (Å²) in [6.45, 7) is 0.115. The molecule has 0 aliphatic rings. The lowest BCUT2D eigenvalue weighted by atomic mass is 10.3. The highest BCUT2D eigenvalue weighted by molar-refractivity contribution is 5.64. The number of pyridine rings is 1. The fourth-order valence-corrected chi connectivity index (χ4v) is 0.942. The molecule has 4 N–H and O–H groups in total. The Morgan fingerprint density at radius 2 is 2.43 bits per heavy atom. The molecule has 0 radical (unpaired) electrons. The number of nitrogens with two attached hydrogens (primary N) is 1. The third kappa shape index (κ3) is 2.30. The van der Waals surface area contributed by atoms with Gasteiger partial charge in [-0.05, 0) is 0 Å². The minimum Gasteiger partial charge on any atom is -0.395 e. The Labute approximate surface area is 79.7 Å². The molecule has 0 spiro atoms. The number of hydrogen-bond donors (Lipinski definition) is 3. The van der Waals surface area contributed by atoms with Gasteiger partial charge in [0.25, 0.3) is 0 Å². The molecule has 76 valence electrons. The maximum atomic E-state index is 10.5. The monoisotopic (exact) mass is 198 g/mol. The van der Waals surface area contributed by atoms with Crippen LogP contribution in [0.1, 0.15) is 0 Å². The van der Waals surface area contributed by atoms with Crippen molar-refractivity contribution in [1.82, 2.24) is 4.98 Å². The summed E-state index contributed by atoms with van der Waals surface area (Å²) in [6, 6.07) is 1.35. The largest absolute Gasteiger partial charge is 0.395 e. The van der Waals surface area contributed by atoms with E-state index in [4.69, 9.17) is 10.8 Å². The predicted octanol–water partition coefficient (Wildman–Crippen LogP) is -0.0238. The molecule has 0 fully saturated rings. The number of aliphatic hydroxyl groups excluding tert-OH is 1. The Morgan fingerprint density at radius 3 is 3.00 bits per heavy atom. The van der Waals surface area contributed by atoms with Crippen molar-refractivity contribution in [2.24, 2.45) is 0 Å². The number of nitro groups is 1. The molecule has 7 nitrogen and oxygen atoms in total. The highest BCUT2D eigenvalue weighted by Crippen LogP contribution is 2.23. The second kappa shape index (κ2) is 4.38. The normalized spacial score (nSPS) is 9.79. The molecule has 1 aromatic heterocycles. The van der Waals surface area contributed by atoms with Crippen molar-refractivity contribution in [3.8, 4) is 0 Å². The Hall–Kier alpha value is -1.89. The first-order valence-corrected chi connectivity index (χ1v) is 3.90. The third-order valence-corrected chi connectivity index (χ3v) is 1.53. The van der Waals surface area contributed by atoms with Crippen LogP contribution in [-0.4, -0.2) is 28.2 Å². The highest BCUT2D eigenvalue weighted by Gasteiger charge is 2.13. The van der Waals surface area contributed by atoms with Crippen LogP contribution in [0, 0.1) is 10.1 Å². The van der Waals surface area contributed by atoms with E-state index in [-0.39, 0.29) is 30.3 Å². The number of hydrogen-bond acceptors (Lipinski definition) is 6. The maximum Gasteiger partial charge on any atom is 0.310 e. The van der Waals surface area contributed by atoms with Gasteiger partial charge in [0.05, 0.1) is 11.5 Å². The van der Waals surface area contributed by atoms with Crippen LogP contribution in [-0.2, 0) is 0 Å². The Morgan fingerprint density at radius 1 is 1.71 bits per heavy atom. The van der Waals surface area contributed by atoms with Crippen molar-refractivity contribution in [3.05, 3.63) is 22.4 Å². The zero-order valence-electron chi connectivity index (χ0n) is 7.30. The van der Waals surface area contributed by atoms with Gasteiger partial charge < -0.3 is 16.2 Å². The summed E-state index contributed by atoms with van der Waals surface area (Å²) in [4.78, 5) is 13.6. The van der Waals surface area contributed by atoms with Gasteiger partial charge in [0, 0.05) is 12.6 Å². The number of aliphatic hydroxyl groups is 1. The minimum atomic E-state index is -0.563. The lowest BCUT2D eigenvalue weighted by molar-refractivity contribution is -0.384. The second-order valence-corrected chi connectivity index (χ2v) is 2.53. The molecule has 0 saturated heterocycles. The van der Waals surface area contributed by atoms with Gasteiger partial charge in [-0.3, -0.25) is 10.1 Å². The van der Waals surface area contributed by atoms with E-state index in [1.54, 1.807) is 0 Å². The van der Waals surface area contributed by atoms with Crippen LogP contribution in [0.25, 0.3) is 0 Å². The molecule has 0 aromatic carbocycles. The van der Waals surface area contributed by atoms with Gasteiger partial charge in [0.15, 0.2) is 0 Å². The molecule has 0 atom stereocenters. The molecular weight excluding hydrogens is 188 g/mol. The standard InChI is InChI=1S/C7H10N4O3/c8-7-3-5(9-1-2-12)6(4-10-7)11(13)14/h3-4,12H,1-2H2,(H3,8,9,10). The number of nitrogen functional groups attached to an aromatic ring is 1. The van der Waals surface area contributed by atoms with Gasteiger partial charge in [-0.25, -0.2) is 4.98 Å². The van der Waals surface area contributed by atoms with Crippen LogP contribution >= 0.6 is 0 Å². The maximum absolute atomic E-state index is 10.5. The average molecular weight is 198 g/mol. The van der Waals surface area contributed by atoms with Crippen LogP contribution in [0.2, 0.25) is 0 Å². The summed E-state index contributed by atoms with van der Waals surface area (Å²) in [7, 11) is 0. The van der Waals surface area contributed by atoms with Crippen molar-refractivity contribution in [3.63, 3.8) is 0 Å². The molecular formula is C7H10N4O3. The van der Waals surface area contributed by atoms with Crippen LogP contribution in [0.3, 0.4) is 0 Å². The van der Waals surface area contributed by atoms with Crippen molar-refractivity contribution in [1.29, 1.82) is 0 Å². The summed E-state index contributed by atoms with van der Waals surface area (Å²) in [6.07, 6.45) is 1.08. The van der Waals surface area contributed by atoms with Gasteiger partial charge in [-0.2, -0.15) is 0 Å². The van der Waals surface area contributed by atoms with Gasteiger partial charge in [0.1, 0.15) is 17.7 Å². The van der Waals surface area contributed by atoms with E-state index in [0.717, 1.165) is 6.20 Å². The first-order chi connectivity index (χ1) is 6.65. The van der Waals surface area contributed by atoms with E-state index in [1.165, 1.54) is 6.07 Å². The molecule has 0 bridgehead atoms. The minimum absolute atomic E-state index is 0.112. The quantitative estimate of drug-likeness (QED) is 0.462. The highest BCUT2D eigenvalue weighted by atomic mass is 16.6. The zero-order valence-corrected chi connectivity index (χ0v) is 7.30. The van der Waals surface area contributed by atoms with Crippen molar-refractivity contribution in [2.75, 3.05) is 24.2 Å². The first-order valence-electron chi connectivity index (χ1n) is 3.90.